The summed E-state index contributed by atoms with van der Waals surface area (Å²) in [6, 6.07) is 5.32. The van der Waals surface area contributed by atoms with E-state index in [2.05, 4.69) is 0 Å². The highest BCUT2D eigenvalue weighted by molar-refractivity contribution is 6.30. The second kappa shape index (κ2) is 7.35. The van der Waals surface area contributed by atoms with Gasteiger partial charge in [0.05, 0.1) is 13.2 Å². The summed E-state index contributed by atoms with van der Waals surface area (Å²) in [5.41, 5.74) is 0.828. The van der Waals surface area contributed by atoms with Crippen molar-refractivity contribution in [1.82, 2.24) is 9.80 Å². The summed E-state index contributed by atoms with van der Waals surface area (Å²) in [5, 5.41) is 0.586. The van der Waals surface area contributed by atoms with Gasteiger partial charge in [0.25, 0.3) is 0 Å². The van der Waals surface area contributed by atoms with Crippen LogP contribution in [-0.2, 0) is 16.1 Å². The number of likely N-dealkylation sites (N-methyl/N-ethyl adjacent to an activating group) is 1. The molecule has 120 valence electrons. The molecule has 2 amide bonds. The van der Waals surface area contributed by atoms with E-state index in [-0.39, 0.29) is 12.5 Å². The normalized spacial score (nSPS) is 14.0. The van der Waals surface area contributed by atoms with Crippen LogP contribution in [0.25, 0.3) is 0 Å². The van der Waals surface area contributed by atoms with Crippen LogP contribution >= 0.6 is 11.6 Å². The highest BCUT2D eigenvalue weighted by Crippen LogP contribution is 2.24. The van der Waals surface area contributed by atoms with Gasteiger partial charge in [0.1, 0.15) is 18.9 Å². The lowest BCUT2D eigenvalue weighted by Crippen LogP contribution is -2.38. The fourth-order valence-electron chi connectivity index (χ4n) is 2.16. The van der Waals surface area contributed by atoms with Gasteiger partial charge in [-0.1, -0.05) is 11.6 Å². The quantitative estimate of drug-likeness (QED) is 0.803. The molecule has 6 nitrogen and oxygen atoms in total. The van der Waals surface area contributed by atoms with E-state index in [0.717, 1.165) is 5.56 Å². The second-order valence-electron chi connectivity index (χ2n) is 4.97. The van der Waals surface area contributed by atoms with Gasteiger partial charge in [-0.15, -0.1) is 0 Å². The minimum Gasteiger partial charge on any atom is -0.494 e. The minimum absolute atomic E-state index is 0.0138. The molecule has 0 bridgehead atoms. The first-order chi connectivity index (χ1) is 10.5. The molecule has 0 atom stereocenters. The number of halogens is 1. The van der Waals surface area contributed by atoms with Crippen molar-refractivity contribution in [3.05, 3.63) is 28.8 Å². The summed E-state index contributed by atoms with van der Waals surface area (Å²) in [6.07, 6.45) is -0.445. The van der Waals surface area contributed by atoms with Crippen molar-refractivity contribution in [2.75, 3.05) is 33.4 Å². The van der Waals surface area contributed by atoms with E-state index in [0.29, 0.717) is 37.1 Å². The van der Waals surface area contributed by atoms with Crippen LogP contribution in [0.4, 0.5) is 4.79 Å². The Morgan fingerprint density at radius 3 is 2.91 bits per heavy atom. The first-order valence-electron chi connectivity index (χ1n) is 7.08. The van der Waals surface area contributed by atoms with Crippen LogP contribution in [0.1, 0.15) is 12.5 Å². The molecule has 0 spiro atoms. The molecule has 0 N–H and O–H groups in total. The lowest BCUT2D eigenvalue weighted by atomic mass is 10.2. The fraction of sp³-hybridized carbons (Fsp3) is 0.467. The number of benzene rings is 1. The molecular weight excluding hydrogens is 308 g/mol. The summed E-state index contributed by atoms with van der Waals surface area (Å²) in [4.78, 5) is 26.5. The zero-order chi connectivity index (χ0) is 16.1. The first kappa shape index (κ1) is 16.4. The van der Waals surface area contributed by atoms with Crippen LogP contribution < -0.4 is 4.74 Å². The third kappa shape index (κ3) is 4.04. The molecule has 1 aromatic carbocycles. The molecule has 2 rings (SSSR count). The minimum atomic E-state index is -0.445. The Labute approximate surface area is 134 Å². The monoisotopic (exact) mass is 326 g/mol. The van der Waals surface area contributed by atoms with Gasteiger partial charge in [0.15, 0.2) is 0 Å². The topological polar surface area (TPSA) is 59.1 Å². The SMILES string of the molecule is CCOc1ccc(Cl)cc1CN(C)C(=O)CN1CCOC1=O. The molecule has 1 saturated heterocycles. The average molecular weight is 327 g/mol. The van der Waals surface area contributed by atoms with Gasteiger partial charge in [0.2, 0.25) is 5.91 Å². The molecule has 1 aliphatic heterocycles. The summed E-state index contributed by atoms with van der Waals surface area (Å²) in [5.74, 6) is 0.536. The van der Waals surface area contributed by atoms with E-state index >= 15 is 0 Å². The average Bonchev–Trinajstić information content (AvgIpc) is 2.87. The molecule has 7 heteroatoms. The Hall–Kier alpha value is -1.95. The Morgan fingerprint density at radius 1 is 1.50 bits per heavy atom. The predicted molar refractivity (Wildman–Crippen MR) is 82.0 cm³/mol. The molecule has 1 heterocycles. The number of ether oxygens (including phenoxy) is 2. The van der Waals surface area contributed by atoms with Crippen LogP contribution in [0.5, 0.6) is 5.75 Å². The number of rotatable bonds is 6. The van der Waals surface area contributed by atoms with Gasteiger partial charge in [-0.3, -0.25) is 9.69 Å². The van der Waals surface area contributed by atoms with Gasteiger partial charge in [-0.05, 0) is 25.1 Å². The van der Waals surface area contributed by atoms with Crippen molar-refractivity contribution >= 4 is 23.6 Å². The van der Waals surface area contributed by atoms with Crippen LogP contribution in [0, 0.1) is 0 Å². The molecule has 22 heavy (non-hydrogen) atoms. The third-order valence-corrected chi connectivity index (χ3v) is 3.56. The molecular formula is C15H19ClN2O4. The van der Waals surface area contributed by atoms with Crippen molar-refractivity contribution in [2.24, 2.45) is 0 Å². The van der Waals surface area contributed by atoms with Gasteiger partial charge in [-0.2, -0.15) is 0 Å². The largest absolute Gasteiger partial charge is 0.494 e. The van der Waals surface area contributed by atoms with Gasteiger partial charge in [0, 0.05) is 24.2 Å². The van der Waals surface area contributed by atoms with Gasteiger partial charge >= 0.3 is 6.09 Å². The lowest BCUT2D eigenvalue weighted by Gasteiger charge is -2.21. The molecule has 0 aromatic heterocycles. The maximum atomic E-state index is 12.2. The molecule has 1 aromatic rings. The van der Waals surface area contributed by atoms with Crippen molar-refractivity contribution < 1.29 is 19.1 Å². The van der Waals surface area contributed by atoms with E-state index in [4.69, 9.17) is 21.1 Å². The van der Waals surface area contributed by atoms with Crippen LogP contribution in [0.15, 0.2) is 18.2 Å². The van der Waals surface area contributed by atoms with E-state index in [9.17, 15) is 9.59 Å². The Bertz CT molecular complexity index is 564. The second-order valence-corrected chi connectivity index (χ2v) is 5.41. The third-order valence-electron chi connectivity index (χ3n) is 3.33. The molecule has 0 radical (unpaired) electrons. The number of amides is 2. The maximum Gasteiger partial charge on any atom is 0.410 e. The van der Waals surface area contributed by atoms with E-state index in [1.165, 1.54) is 4.90 Å². The molecule has 1 fully saturated rings. The highest BCUT2D eigenvalue weighted by Gasteiger charge is 2.25. The van der Waals surface area contributed by atoms with Gasteiger partial charge < -0.3 is 14.4 Å². The summed E-state index contributed by atoms with van der Waals surface area (Å²) in [7, 11) is 1.68. The zero-order valence-corrected chi connectivity index (χ0v) is 13.4. The van der Waals surface area contributed by atoms with Gasteiger partial charge in [-0.25, -0.2) is 4.79 Å². The zero-order valence-electron chi connectivity index (χ0n) is 12.7. The maximum absolute atomic E-state index is 12.2. The summed E-state index contributed by atoms with van der Waals surface area (Å²) >= 11 is 6.01. The number of carbonyl (C=O) groups is 2. The first-order valence-corrected chi connectivity index (χ1v) is 7.46. The number of hydrogen-bond acceptors (Lipinski definition) is 4. The standard InChI is InChI=1S/C15H19ClN2O4/c1-3-21-13-5-4-12(16)8-11(13)9-17(2)14(19)10-18-6-7-22-15(18)20/h4-5,8H,3,6-7,9-10H2,1-2H3. The van der Waals surface area contributed by atoms with Crippen molar-refractivity contribution in [1.29, 1.82) is 0 Å². The number of nitrogens with zero attached hydrogens (tertiary/aromatic N) is 2. The van der Waals surface area contributed by atoms with Crippen molar-refractivity contribution in [3.8, 4) is 5.75 Å². The highest BCUT2D eigenvalue weighted by atomic mass is 35.5. The lowest BCUT2D eigenvalue weighted by molar-refractivity contribution is -0.130. The molecule has 1 aliphatic rings. The Morgan fingerprint density at radius 2 is 2.27 bits per heavy atom. The van der Waals surface area contributed by atoms with Crippen LogP contribution in [0.3, 0.4) is 0 Å². The molecule has 0 saturated carbocycles. The summed E-state index contributed by atoms with van der Waals surface area (Å²) < 4.78 is 10.4. The Balaban J connectivity index is 2.01. The van der Waals surface area contributed by atoms with Crippen LogP contribution in [0.2, 0.25) is 5.02 Å². The smallest absolute Gasteiger partial charge is 0.410 e. The van der Waals surface area contributed by atoms with Crippen molar-refractivity contribution in [3.63, 3.8) is 0 Å². The van der Waals surface area contributed by atoms with Crippen LogP contribution in [-0.4, -0.2) is 55.2 Å². The summed E-state index contributed by atoms with van der Waals surface area (Å²) in [6.45, 7) is 3.58. The molecule has 0 unspecified atom stereocenters. The fourth-order valence-corrected chi connectivity index (χ4v) is 2.36. The number of hydrogen-bond donors (Lipinski definition) is 0. The predicted octanol–water partition coefficient (Wildman–Crippen LogP) is 2.15. The van der Waals surface area contributed by atoms with E-state index in [1.54, 1.807) is 30.1 Å². The molecule has 0 aliphatic carbocycles. The number of carbonyl (C=O) groups excluding carboxylic acids is 2. The Kier molecular flexibility index (Phi) is 5.49. The van der Waals surface area contributed by atoms with E-state index < -0.39 is 6.09 Å². The van der Waals surface area contributed by atoms with E-state index in [1.807, 2.05) is 6.92 Å². The number of cyclic esters (lactones) is 1. The van der Waals surface area contributed by atoms with Crippen molar-refractivity contribution in [2.45, 2.75) is 13.5 Å².